The molecule has 2 heterocycles. The van der Waals surface area contributed by atoms with Crippen molar-refractivity contribution in [2.24, 2.45) is 10.4 Å². The number of likely N-dealkylation sites (tertiary alicyclic amines) is 1. The van der Waals surface area contributed by atoms with E-state index >= 15 is 0 Å². The van der Waals surface area contributed by atoms with Gasteiger partial charge >= 0.3 is 0 Å². The molecule has 0 aromatic carbocycles. The smallest absolute Gasteiger partial charge is 0.194 e. The Bertz CT molecular complexity index is 392. The summed E-state index contributed by atoms with van der Waals surface area (Å²) in [5.74, 6) is 1.03. The van der Waals surface area contributed by atoms with E-state index in [2.05, 4.69) is 56.8 Å². The maximum Gasteiger partial charge on any atom is 0.194 e. The number of ether oxygens (including phenoxy) is 1. The highest BCUT2D eigenvalue weighted by molar-refractivity contribution is 5.82. The number of hydrogen-bond acceptors (Lipinski definition) is 3. The van der Waals surface area contributed by atoms with Crippen LogP contribution in [-0.4, -0.2) is 73.8 Å². The maximum absolute atomic E-state index is 5.81. The van der Waals surface area contributed by atoms with Gasteiger partial charge in [-0.25, -0.2) is 0 Å². The standard InChI is InChI=1S/C16H32N4O/c1-7-17-14(20-12-15(2,3)16(20,4)5)18-10-13-11-19(6)8-9-21-13/h13H,7-12H2,1-6H3,(H,17,18). The third kappa shape index (κ3) is 3.34. The van der Waals surface area contributed by atoms with E-state index < -0.39 is 0 Å². The van der Waals surface area contributed by atoms with Gasteiger partial charge in [0.15, 0.2) is 5.96 Å². The fourth-order valence-corrected chi connectivity index (χ4v) is 2.96. The predicted octanol–water partition coefficient (Wildman–Crippen LogP) is 1.40. The number of nitrogens with zero attached hydrogens (tertiary/aromatic N) is 3. The zero-order chi connectivity index (χ0) is 15.7. The van der Waals surface area contributed by atoms with Crippen LogP contribution < -0.4 is 5.32 Å². The summed E-state index contributed by atoms with van der Waals surface area (Å²) in [6.45, 7) is 16.9. The van der Waals surface area contributed by atoms with Crippen molar-refractivity contribution >= 4 is 5.96 Å². The van der Waals surface area contributed by atoms with Crippen LogP contribution in [-0.2, 0) is 4.74 Å². The van der Waals surface area contributed by atoms with Gasteiger partial charge in [-0.05, 0) is 27.8 Å². The van der Waals surface area contributed by atoms with Gasteiger partial charge in [-0.3, -0.25) is 4.99 Å². The topological polar surface area (TPSA) is 40.1 Å². The second kappa shape index (κ2) is 6.13. The first-order chi connectivity index (χ1) is 9.78. The SMILES string of the molecule is CCNC(=NCC1CN(C)CCO1)N1CC(C)(C)C1(C)C. The molecule has 0 radical (unpaired) electrons. The number of nitrogens with one attached hydrogen (secondary N) is 1. The summed E-state index contributed by atoms with van der Waals surface area (Å²) in [6, 6.07) is 0. The molecule has 2 saturated heterocycles. The van der Waals surface area contributed by atoms with Crippen LogP contribution in [0.25, 0.3) is 0 Å². The average Bonchev–Trinajstić information content (AvgIpc) is 2.41. The molecule has 0 spiro atoms. The van der Waals surface area contributed by atoms with Gasteiger partial charge in [0, 0.05) is 37.1 Å². The van der Waals surface area contributed by atoms with Gasteiger partial charge in [0.2, 0.25) is 0 Å². The van der Waals surface area contributed by atoms with Gasteiger partial charge in [-0.2, -0.15) is 0 Å². The van der Waals surface area contributed by atoms with Gasteiger partial charge in [0.1, 0.15) is 0 Å². The summed E-state index contributed by atoms with van der Waals surface area (Å²) in [5, 5.41) is 3.44. The van der Waals surface area contributed by atoms with E-state index in [4.69, 9.17) is 9.73 Å². The van der Waals surface area contributed by atoms with E-state index in [-0.39, 0.29) is 11.6 Å². The summed E-state index contributed by atoms with van der Waals surface area (Å²) in [4.78, 5) is 9.54. The summed E-state index contributed by atoms with van der Waals surface area (Å²) in [5.41, 5.74) is 0.461. The van der Waals surface area contributed by atoms with Crippen molar-refractivity contribution in [3.63, 3.8) is 0 Å². The highest BCUT2D eigenvalue weighted by atomic mass is 16.5. The van der Waals surface area contributed by atoms with Crippen molar-refractivity contribution in [1.29, 1.82) is 0 Å². The van der Waals surface area contributed by atoms with Gasteiger partial charge < -0.3 is 19.9 Å². The number of morpholine rings is 1. The summed E-state index contributed by atoms with van der Waals surface area (Å²) < 4.78 is 5.81. The van der Waals surface area contributed by atoms with Gasteiger partial charge in [0.05, 0.1) is 19.3 Å². The lowest BCUT2D eigenvalue weighted by Gasteiger charge is -2.62. The fraction of sp³-hybridized carbons (Fsp3) is 0.938. The fourth-order valence-electron chi connectivity index (χ4n) is 2.96. The Labute approximate surface area is 129 Å². The van der Waals surface area contributed by atoms with E-state index in [0.29, 0.717) is 5.41 Å². The van der Waals surface area contributed by atoms with E-state index in [9.17, 15) is 0 Å². The largest absolute Gasteiger partial charge is 0.374 e. The van der Waals surface area contributed by atoms with E-state index in [1.165, 1.54) is 0 Å². The van der Waals surface area contributed by atoms with Crippen LogP contribution in [0.2, 0.25) is 0 Å². The second-order valence-electron chi connectivity index (χ2n) is 7.48. The Kier molecular flexibility index (Phi) is 4.83. The Balaban J connectivity index is 2.00. The minimum atomic E-state index is 0.137. The Hall–Kier alpha value is -0.810. The van der Waals surface area contributed by atoms with Gasteiger partial charge in [-0.15, -0.1) is 0 Å². The minimum absolute atomic E-state index is 0.137. The number of guanidine groups is 1. The third-order valence-electron chi connectivity index (χ3n) is 5.26. The van der Waals surface area contributed by atoms with Crippen molar-refractivity contribution in [3.05, 3.63) is 0 Å². The molecule has 122 valence electrons. The first kappa shape index (κ1) is 16.6. The number of likely N-dealkylation sites (N-methyl/N-ethyl adjacent to an activating group) is 1. The second-order valence-corrected chi connectivity index (χ2v) is 7.48. The van der Waals surface area contributed by atoms with Crippen LogP contribution in [0.15, 0.2) is 4.99 Å². The van der Waals surface area contributed by atoms with Crippen molar-refractivity contribution in [1.82, 2.24) is 15.1 Å². The van der Waals surface area contributed by atoms with Crippen molar-refractivity contribution in [2.75, 3.05) is 46.4 Å². The zero-order valence-electron chi connectivity index (χ0n) is 14.6. The lowest BCUT2D eigenvalue weighted by atomic mass is 9.65. The first-order valence-electron chi connectivity index (χ1n) is 8.14. The molecule has 2 aliphatic rings. The van der Waals surface area contributed by atoms with Gasteiger partial charge in [-0.1, -0.05) is 13.8 Å². The van der Waals surface area contributed by atoms with Crippen molar-refractivity contribution < 1.29 is 4.74 Å². The van der Waals surface area contributed by atoms with Crippen LogP contribution in [0.1, 0.15) is 34.6 Å². The summed E-state index contributed by atoms with van der Waals surface area (Å²) in [6.07, 6.45) is 0.217. The van der Waals surface area contributed by atoms with Gasteiger partial charge in [0.25, 0.3) is 0 Å². The molecule has 0 bridgehead atoms. The molecule has 1 atom stereocenters. The number of hydrogen-bond donors (Lipinski definition) is 1. The number of rotatable bonds is 3. The molecule has 2 fully saturated rings. The molecule has 1 N–H and O–H groups in total. The van der Waals surface area contributed by atoms with Crippen molar-refractivity contribution in [3.8, 4) is 0 Å². The molecule has 0 aromatic heterocycles. The molecule has 0 aromatic rings. The Morgan fingerprint density at radius 3 is 2.57 bits per heavy atom. The monoisotopic (exact) mass is 296 g/mol. The lowest BCUT2D eigenvalue weighted by molar-refractivity contribution is -0.0672. The van der Waals surface area contributed by atoms with Crippen LogP contribution in [0.3, 0.4) is 0 Å². The molecule has 0 saturated carbocycles. The van der Waals surface area contributed by atoms with Crippen LogP contribution in [0.5, 0.6) is 0 Å². The number of aliphatic imine (C=N–C) groups is 1. The molecule has 5 heteroatoms. The highest BCUT2D eigenvalue weighted by Gasteiger charge is 2.53. The van der Waals surface area contributed by atoms with Crippen LogP contribution in [0.4, 0.5) is 0 Å². The molecule has 21 heavy (non-hydrogen) atoms. The van der Waals surface area contributed by atoms with Crippen LogP contribution >= 0.6 is 0 Å². The first-order valence-corrected chi connectivity index (χ1v) is 8.14. The quantitative estimate of drug-likeness (QED) is 0.631. The Morgan fingerprint density at radius 1 is 1.33 bits per heavy atom. The Morgan fingerprint density at radius 2 is 2.05 bits per heavy atom. The normalized spacial score (nSPS) is 29.1. The summed E-state index contributed by atoms with van der Waals surface area (Å²) in [7, 11) is 2.14. The molecule has 0 aliphatic carbocycles. The van der Waals surface area contributed by atoms with Crippen LogP contribution in [0, 0.1) is 5.41 Å². The molecule has 5 nitrogen and oxygen atoms in total. The van der Waals surface area contributed by atoms with E-state index in [0.717, 1.165) is 45.3 Å². The lowest BCUT2D eigenvalue weighted by Crippen LogP contribution is -2.72. The zero-order valence-corrected chi connectivity index (χ0v) is 14.6. The molecular formula is C16H32N4O. The maximum atomic E-state index is 5.81. The highest BCUT2D eigenvalue weighted by Crippen LogP contribution is 2.46. The molecule has 2 rings (SSSR count). The average molecular weight is 296 g/mol. The minimum Gasteiger partial charge on any atom is -0.374 e. The van der Waals surface area contributed by atoms with E-state index in [1.54, 1.807) is 0 Å². The van der Waals surface area contributed by atoms with E-state index in [1.807, 2.05) is 0 Å². The molecular weight excluding hydrogens is 264 g/mol. The molecule has 1 unspecified atom stereocenters. The van der Waals surface area contributed by atoms with Crippen molar-refractivity contribution in [2.45, 2.75) is 46.3 Å². The molecule has 0 amide bonds. The third-order valence-corrected chi connectivity index (χ3v) is 5.26. The predicted molar refractivity (Wildman–Crippen MR) is 87.8 cm³/mol. The molecule has 2 aliphatic heterocycles. The summed E-state index contributed by atoms with van der Waals surface area (Å²) >= 11 is 0.